The van der Waals surface area contributed by atoms with Crippen molar-refractivity contribution in [2.45, 2.75) is 6.36 Å². The van der Waals surface area contributed by atoms with Gasteiger partial charge in [0.15, 0.2) is 5.65 Å². The maximum Gasteiger partial charge on any atom is 0.573 e. The molecule has 0 fully saturated rings. The van der Waals surface area contributed by atoms with E-state index in [1.807, 2.05) is 28.9 Å². The Morgan fingerprint density at radius 2 is 1.81 bits per heavy atom. The van der Waals surface area contributed by atoms with E-state index in [2.05, 4.69) is 32.3 Å². The minimum atomic E-state index is -4.68. The molecule has 108 valence electrons. The van der Waals surface area contributed by atoms with Crippen LogP contribution in [0.15, 0.2) is 48.8 Å². The van der Waals surface area contributed by atoms with Crippen molar-refractivity contribution in [1.82, 2.24) is 9.38 Å². The van der Waals surface area contributed by atoms with Crippen LogP contribution in [0.25, 0.3) is 16.9 Å². The van der Waals surface area contributed by atoms with Gasteiger partial charge < -0.3 is 9.14 Å². The smallest absolute Gasteiger partial charge is 0.406 e. The van der Waals surface area contributed by atoms with E-state index in [1.165, 1.54) is 12.1 Å². The first-order valence-corrected chi connectivity index (χ1v) is 7.00. The molecule has 0 N–H and O–H groups in total. The third kappa shape index (κ3) is 3.12. The summed E-state index contributed by atoms with van der Waals surface area (Å²) in [4.78, 5) is 4.48. The van der Waals surface area contributed by atoms with Gasteiger partial charge in [-0.15, -0.1) is 13.2 Å². The van der Waals surface area contributed by atoms with Crippen LogP contribution >= 0.6 is 22.6 Å². The molecule has 0 spiro atoms. The summed E-state index contributed by atoms with van der Waals surface area (Å²) >= 11 is 2.18. The second kappa shape index (κ2) is 5.21. The third-order valence-electron chi connectivity index (χ3n) is 2.82. The molecular formula is C14H8F3IN2O. The van der Waals surface area contributed by atoms with Gasteiger partial charge in [-0.1, -0.05) is 0 Å². The monoisotopic (exact) mass is 404 g/mol. The van der Waals surface area contributed by atoms with E-state index in [4.69, 9.17) is 0 Å². The predicted octanol–water partition coefficient (Wildman–Crippen LogP) is 4.50. The molecule has 1 aromatic carbocycles. The number of aromatic nitrogens is 2. The van der Waals surface area contributed by atoms with Crippen molar-refractivity contribution in [3.05, 3.63) is 52.4 Å². The largest absolute Gasteiger partial charge is 0.573 e. The summed E-state index contributed by atoms with van der Waals surface area (Å²) in [6, 6.07) is 9.49. The topological polar surface area (TPSA) is 26.5 Å². The lowest BCUT2D eigenvalue weighted by Crippen LogP contribution is -2.16. The van der Waals surface area contributed by atoms with Gasteiger partial charge in [-0.3, -0.25) is 0 Å². The van der Waals surface area contributed by atoms with Crippen LogP contribution in [0.4, 0.5) is 13.2 Å². The Morgan fingerprint density at radius 1 is 1.10 bits per heavy atom. The fourth-order valence-corrected chi connectivity index (χ4v) is 2.55. The van der Waals surface area contributed by atoms with Gasteiger partial charge in [-0.25, -0.2) is 4.98 Å². The highest BCUT2D eigenvalue weighted by Gasteiger charge is 2.30. The van der Waals surface area contributed by atoms with E-state index in [-0.39, 0.29) is 5.75 Å². The molecule has 3 nitrogen and oxygen atoms in total. The molecule has 3 rings (SSSR count). The second-order valence-electron chi connectivity index (χ2n) is 4.29. The van der Waals surface area contributed by atoms with Crippen molar-refractivity contribution in [2.24, 2.45) is 0 Å². The van der Waals surface area contributed by atoms with Crippen molar-refractivity contribution in [2.75, 3.05) is 0 Å². The Bertz CT molecular complexity index is 781. The first-order valence-electron chi connectivity index (χ1n) is 5.92. The minimum absolute atomic E-state index is 0.246. The number of benzene rings is 1. The lowest BCUT2D eigenvalue weighted by molar-refractivity contribution is -0.274. The maximum atomic E-state index is 12.1. The van der Waals surface area contributed by atoms with Crippen molar-refractivity contribution >= 4 is 28.2 Å². The number of imidazole rings is 1. The van der Waals surface area contributed by atoms with Crippen LogP contribution in [0.5, 0.6) is 5.75 Å². The van der Waals surface area contributed by atoms with Crippen molar-refractivity contribution in [3.8, 4) is 17.0 Å². The van der Waals surface area contributed by atoms with E-state index < -0.39 is 6.36 Å². The van der Waals surface area contributed by atoms with Gasteiger partial charge in [-0.05, 0) is 59.0 Å². The number of ether oxygens (including phenoxy) is 1. The van der Waals surface area contributed by atoms with Gasteiger partial charge in [0.25, 0.3) is 0 Å². The van der Waals surface area contributed by atoms with Gasteiger partial charge in [0, 0.05) is 18.0 Å². The van der Waals surface area contributed by atoms with E-state index in [9.17, 15) is 13.2 Å². The molecule has 0 bridgehead atoms. The summed E-state index contributed by atoms with van der Waals surface area (Å²) in [5.74, 6) is -0.246. The molecular weight excluding hydrogens is 396 g/mol. The van der Waals surface area contributed by atoms with Crippen LogP contribution < -0.4 is 4.74 Å². The zero-order valence-corrected chi connectivity index (χ0v) is 12.6. The number of hydrogen-bond acceptors (Lipinski definition) is 2. The molecule has 21 heavy (non-hydrogen) atoms. The molecule has 2 aromatic heterocycles. The van der Waals surface area contributed by atoms with Crippen molar-refractivity contribution < 1.29 is 17.9 Å². The van der Waals surface area contributed by atoms with Gasteiger partial charge in [0.05, 0.1) is 9.26 Å². The summed E-state index contributed by atoms with van der Waals surface area (Å²) in [5.41, 5.74) is 2.23. The molecule has 0 unspecified atom stereocenters. The van der Waals surface area contributed by atoms with Crippen LogP contribution in [0, 0.1) is 3.57 Å². The molecule has 2 heterocycles. The van der Waals surface area contributed by atoms with E-state index in [1.54, 1.807) is 12.1 Å². The average Bonchev–Trinajstić information content (AvgIpc) is 2.83. The first-order chi connectivity index (χ1) is 9.92. The Balaban J connectivity index is 1.94. The van der Waals surface area contributed by atoms with E-state index >= 15 is 0 Å². The maximum absolute atomic E-state index is 12.1. The first kappa shape index (κ1) is 14.2. The Morgan fingerprint density at radius 3 is 2.43 bits per heavy atom. The normalized spacial score (nSPS) is 11.8. The molecule has 0 saturated heterocycles. The van der Waals surface area contributed by atoms with Crippen LogP contribution in [0.3, 0.4) is 0 Å². The molecule has 7 heteroatoms. The highest BCUT2D eigenvalue weighted by Crippen LogP contribution is 2.26. The molecule has 0 aliphatic heterocycles. The van der Waals surface area contributed by atoms with Crippen molar-refractivity contribution in [1.29, 1.82) is 0 Å². The number of hydrogen-bond donors (Lipinski definition) is 0. The highest BCUT2D eigenvalue weighted by atomic mass is 127. The summed E-state index contributed by atoms with van der Waals surface area (Å²) in [7, 11) is 0. The van der Waals surface area contributed by atoms with Gasteiger partial charge in [0.1, 0.15) is 5.75 Å². The van der Waals surface area contributed by atoms with Crippen molar-refractivity contribution in [3.63, 3.8) is 0 Å². The van der Waals surface area contributed by atoms with Gasteiger partial charge in [0.2, 0.25) is 0 Å². The summed E-state index contributed by atoms with van der Waals surface area (Å²) in [6.45, 7) is 0. The summed E-state index contributed by atoms with van der Waals surface area (Å²) < 4.78 is 43.0. The lowest BCUT2D eigenvalue weighted by Gasteiger charge is -2.08. The fraction of sp³-hybridized carbons (Fsp3) is 0.0714. The molecule has 0 amide bonds. The SMILES string of the molecule is FC(F)(F)Oc1ccc(-c2cn3cccc(I)c3n2)cc1. The standard InChI is InChI=1S/C14H8F3IN2O/c15-14(16,17)21-10-5-3-9(4-6-10)12-8-20-7-1-2-11(18)13(20)19-12/h1-8H. The van der Waals surface area contributed by atoms with E-state index in [0.717, 1.165) is 14.8 Å². The summed E-state index contributed by atoms with van der Waals surface area (Å²) in [6.07, 6.45) is -0.979. The number of fused-ring (bicyclic) bond motifs is 1. The predicted molar refractivity (Wildman–Crippen MR) is 80.0 cm³/mol. The number of pyridine rings is 1. The number of alkyl halides is 3. The zero-order chi connectivity index (χ0) is 15.0. The van der Waals surface area contributed by atoms with Crippen LogP contribution in [-0.4, -0.2) is 15.7 Å². The Hall–Kier alpha value is -1.77. The fourth-order valence-electron chi connectivity index (χ4n) is 1.95. The number of halogens is 4. The highest BCUT2D eigenvalue weighted by molar-refractivity contribution is 14.1. The van der Waals surface area contributed by atoms with Crippen LogP contribution in [0.2, 0.25) is 0 Å². The molecule has 0 radical (unpaired) electrons. The minimum Gasteiger partial charge on any atom is -0.406 e. The van der Waals surface area contributed by atoms with Crippen LogP contribution in [0.1, 0.15) is 0 Å². The zero-order valence-electron chi connectivity index (χ0n) is 10.4. The Labute approximate surface area is 131 Å². The molecule has 0 atom stereocenters. The van der Waals surface area contributed by atoms with Crippen LogP contribution in [-0.2, 0) is 0 Å². The Kier molecular flexibility index (Phi) is 3.52. The molecule has 0 saturated carbocycles. The second-order valence-corrected chi connectivity index (χ2v) is 5.45. The quantitative estimate of drug-likeness (QED) is 0.588. The molecule has 0 aliphatic rings. The number of nitrogens with zero attached hydrogens (tertiary/aromatic N) is 2. The summed E-state index contributed by atoms with van der Waals surface area (Å²) in [5, 5.41) is 0. The molecule has 0 aliphatic carbocycles. The van der Waals surface area contributed by atoms with E-state index in [0.29, 0.717) is 5.69 Å². The third-order valence-corrected chi connectivity index (χ3v) is 3.66. The lowest BCUT2D eigenvalue weighted by atomic mass is 10.2. The van der Waals surface area contributed by atoms with Gasteiger partial charge >= 0.3 is 6.36 Å². The van der Waals surface area contributed by atoms with Gasteiger partial charge in [-0.2, -0.15) is 0 Å². The number of rotatable bonds is 2. The average molecular weight is 404 g/mol. The molecule has 3 aromatic rings.